The largest absolute Gasteiger partial charge is 0.480 e. The Balaban J connectivity index is 1.14. The minimum atomic E-state index is -0.950. The number of anilines is 1. The fourth-order valence-electron chi connectivity index (χ4n) is 5.25. The SMILES string of the molecule is O=C(O)C(CCCCCCCc1ccc2c(n1)NCCC2)NC(=O)C1CCCN1Cc1ccncc1. The summed E-state index contributed by atoms with van der Waals surface area (Å²) in [5, 5.41) is 15.9. The molecule has 1 fully saturated rings. The number of fused-ring (bicyclic) bond motifs is 1. The van der Waals surface area contributed by atoms with Gasteiger partial charge in [0.1, 0.15) is 11.9 Å². The third-order valence-electron chi connectivity index (χ3n) is 7.29. The van der Waals surface area contributed by atoms with Crippen LogP contribution in [0.25, 0.3) is 0 Å². The van der Waals surface area contributed by atoms with Crippen molar-refractivity contribution in [1.29, 1.82) is 0 Å². The Morgan fingerprint density at radius 1 is 1.08 bits per heavy atom. The Labute approximate surface area is 213 Å². The second-order valence-corrected chi connectivity index (χ2v) is 10.0. The molecule has 0 aromatic carbocycles. The second kappa shape index (κ2) is 13.3. The second-order valence-electron chi connectivity index (χ2n) is 10.0. The van der Waals surface area contributed by atoms with Gasteiger partial charge in [0, 0.05) is 31.2 Å². The van der Waals surface area contributed by atoms with Crippen molar-refractivity contribution in [3.8, 4) is 0 Å². The van der Waals surface area contributed by atoms with Crippen LogP contribution in [0.1, 0.15) is 74.6 Å². The quantitative estimate of drug-likeness (QED) is 0.363. The van der Waals surface area contributed by atoms with Gasteiger partial charge in [-0.15, -0.1) is 0 Å². The summed E-state index contributed by atoms with van der Waals surface area (Å²) in [5.41, 5.74) is 3.57. The van der Waals surface area contributed by atoms with Crippen LogP contribution >= 0.6 is 0 Å². The van der Waals surface area contributed by atoms with E-state index in [4.69, 9.17) is 4.98 Å². The molecule has 36 heavy (non-hydrogen) atoms. The van der Waals surface area contributed by atoms with E-state index in [0.717, 1.165) is 88.0 Å². The summed E-state index contributed by atoms with van der Waals surface area (Å²) in [6.45, 7) is 2.53. The number of nitrogens with zero attached hydrogens (tertiary/aromatic N) is 3. The number of carboxylic acids is 1. The molecule has 1 amide bonds. The normalized spacial score (nSPS) is 18.3. The van der Waals surface area contributed by atoms with Crippen molar-refractivity contribution < 1.29 is 14.7 Å². The first-order chi connectivity index (χ1) is 17.6. The third-order valence-corrected chi connectivity index (χ3v) is 7.29. The highest BCUT2D eigenvalue weighted by Crippen LogP contribution is 2.22. The number of aliphatic carboxylic acids is 1. The van der Waals surface area contributed by atoms with Gasteiger partial charge < -0.3 is 15.7 Å². The fraction of sp³-hybridized carbons (Fsp3) is 0.571. The zero-order chi connectivity index (χ0) is 25.2. The van der Waals surface area contributed by atoms with E-state index in [2.05, 4.69) is 32.7 Å². The summed E-state index contributed by atoms with van der Waals surface area (Å²) < 4.78 is 0. The number of unbranched alkanes of at least 4 members (excludes halogenated alkanes) is 4. The highest BCUT2D eigenvalue weighted by Gasteiger charge is 2.32. The van der Waals surface area contributed by atoms with Gasteiger partial charge in [0.05, 0.1) is 6.04 Å². The predicted octanol–water partition coefficient (Wildman–Crippen LogP) is 3.95. The van der Waals surface area contributed by atoms with Crippen molar-refractivity contribution in [3.05, 3.63) is 53.5 Å². The Bertz CT molecular complexity index is 1000. The van der Waals surface area contributed by atoms with Crippen LogP contribution in [0.3, 0.4) is 0 Å². The summed E-state index contributed by atoms with van der Waals surface area (Å²) in [6.07, 6.45) is 13.9. The fourth-order valence-corrected chi connectivity index (χ4v) is 5.25. The number of nitrogens with one attached hydrogen (secondary N) is 2. The zero-order valence-electron chi connectivity index (χ0n) is 21.1. The molecule has 0 aliphatic carbocycles. The van der Waals surface area contributed by atoms with Crippen molar-refractivity contribution in [2.24, 2.45) is 0 Å². The maximum Gasteiger partial charge on any atom is 0.326 e. The predicted molar refractivity (Wildman–Crippen MR) is 140 cm³/mol. The number of pyridine rings is 2. The van der Waals surface area contributed by atoms with Gasteiger partial charge >= 0.3 is 5.97 Å². The van der Waals surface area contributed by atoms with Crippen LogP contribution in [-0.4, -0.2) is 57.0 Å². The standard InChI is InChI=1S/C28H39N5O3/c34-27(25-11-7-19-33(25)20-21-14-17-29-18-15-21)32-24(28(35)36)10-5-3-1-2-4-9-23-13-12-22-8-6-16-30-26(22)31-23/h12-15,17-18,24-25H,1-11,16,19-20H2,(H,30,31)(H,32,34)(H,35,36). The monoisotopic (exact) mass is 493 g/mol. The average Bonchev–Trinajstić information content (AvgIpc) is 3.36. The maximum atomic E-state index is 12.9. The lowest BCUT2D eigenvalue weighted by Crippen LogP contribution is -2.49. The van der Waals surface area contributed by atoms with Crippen molar-refractivity contribution in [3.63, 3.8) is 0 Å². The lowest BCUT2D eigenvalue weighted by molar-refractivity contribution is -0.142. The summed E-state index contributed by atoms with van der Waals surface area (Å²) in [7, 11) is 0. The van der Waals surface area contributed by atoms with Crippen LogP contribution in [-0.2, 0) is 29.0 Å². The number of aryl methyl sites for hydroxylation is 2. The first-order valence-corrected chi connectivity index (χ1v) is 13.5. The number of rotatable bonds is 13. The summed E-state index contributed by atoms with van der Waals surface area (Å²) in [4.78, 5) is 35.7. The van der Waals surface area contributed by atoms with Gasteiger partial charge in [-0.05, 0) is 80.8 Å². The smallest absolute Gasteiger partial charge is 0.326 e. The molecule has 0 radical (unpaired) electrons. The van der Waals surface area contributed by atoms with E-state index in [-0.39, 0.29) is 11.9 Å². The van der Waals surface area contributed by atoms with Gasteiger partial charge in [-0.2, -0.15) is 0 Å². The molecule has 2 aliphatic rings. The maximum absolute atomic E-state index is 12.9. The van der Waals surface area contributed by atoms with E-state index in [1.807, 2.05) is 12.1 Å². The number of amides is 1. The summed E-state index contributed by atoms with van der Waals surface area (Å²) >= 11 is 0. The molecule has 2 aromatic heterocycles. The number of likely N-dealkylation sites (tertiary alicyclic amines) is 1. The van der Waals surface area contributed by atoms with Crippen molar-refractivity contribution >= 4 is 17.7 Å². The topological polar surface area (TPSA) is 107 Å². The molecule has 0 bridgehead atoms. The van der Waals surface area contributed by atoms with Crippen molar-refractivity contribution in [1.82, 2.24) is 20.2 Å². The lowest BCUT2D eigenvalue weighted by Gasteiger charge is -2.25. The van der Waals surface area contributed by atoms with E-state index in [0.29, 0.717) is 13.0 Å². The number of carbonyl (C=O) groups is 2. The molecule has 2 aliphatic heterocycles. The molecule has 0 saturated carbocycles. The number of hydrogen-bond donors (Lipinski definition) is 3. The highest BCUT2D eigenvalue weighted by molar-refractivity contribution is 5.87. The Hall–Kier alpha value is -3.00. The van der Waals surface area contributed by atoms with Crippen LogP contribution in [0, 0.1) is 0 Å². The molecule has 0 spiro atoms. The highest BCUT2D eigenvalue weighted by atomic mass is 16.4. The Kier molecular flexibility index (Phi) is 9.67. The summed E-state index contributed by atoms with van der Waals surface area (Å²) in [6, 6.07) is 7.16. The van der Waals surface area contributed by atoms with Gasteiger partial charge in [0.2, 0.25) is 5.91 Å². The molecule has 8 heteroatoms. The average molecular weight is 494 g/mol. The Morgan fingerprint density at radius 2 is 1.89 bits per heavy atom. The van der Waals surface area contributed by atoms with Gasteiger partial charge in [-0.25, -0.2) is 9.78 Å². The number of hydrogen-bond acceptors (Lipinski definition) is 6. The molecule has 3 N–H and O–H groups in total. The third kappa shape index (κ3) is 7.50. The molecule has 4 rings (SSSR count). The molecule has 4 heterocycles. The van der Waals surface area contributed by atoms with Crippen LogP contribution in [0.4, 0.5) is 5.82 Å². The lowest BCUT2D eigenvalue weighted by atomic mass is 10.0. The van der Waals surface area contributed by atoms with E-state index in [9.17, 15) is 14.7 Å². The molecule has 194 valence electrons. The molecule has 1 saturated heterocycles. The van der Waals surface area contributed by atoms with Crippen LogP contribution < -0.4 is 10.6 Å². The minimum absolute atomic E-state index is 0.166. The zero-order valence-corrected chi connectivity index (χ0v) is 21.1. The van der Waals surface area contributed by atoms with Crippen LogP contribution in [0.2, 0.25) is 0 Å². The van der Waals surface area contributed by atoms with E-state index >= 15 is 0 Å². The Morgan fingerprint density at radius 3 is 2.72 bits per heavy atom. The van der Waals surface area contributed by atoms with Gasteiger partial charge in [0.15, 0.2) is 0 Å². The number of carbonyl (C=O) groups excluding carboxylic acids is 1. The van der Waals surface area contributed by atoms with E-state index in [1.54, 1.807) is 12.4 Å². The van der Waals surface area contributed by atoms with Crippen LogP contribution in [0.15, 0.2) is 36.7 Å². The molecular weight excluding hydrogens is 454 g/mol. The summed E-state index contributed by atoms with van der Waals surface area (Å²) in [5.74, 6) is -0.0614. The van der Waals surface area contributed by atoms with Crippen molar-refractivity contribution in [2.45, 2.75) is 89.3 Å². The number of aromatic nitrogens is 2. The molecule has 2 unspecified atom stereocenters. The van der Waals surface area contributed by atoms with Gasteiger partial charge in [-0.1, -0.05) is 31.7 Å². The molecular formula is C28H39N5O3. The first kappa shape index (κ1) is 26.1. The van der Waals surface area contributed by atoms with Crippen LogP contribution in [0.5, 0.6) is 0 Å². The molecule has 2 atom stereocenters. The van der Waals surface area contributed by atoms with Gasteiger partial charge in [0.25, 0.3) is 0 Å². The molecule has 2 aromatic rings. The molecule has 8 nitrogen and oxygen atoms in total. The van der Waals surface area contributed by atoms with E-state index in [1.165, 1.54) is 12.0 Å². The first-order valence-electron chi connectivity index (χ1n) is 13.5. The minimum Gasteiger partial charge on any atom is -0.480 e. The van der Waals surface area contributed by atoms with E-state index < -0.39 is 12.0 Å². The van der Waals surface area contributed by atoms with Gasteiger partial charge in [-0.3, -0.25) is 14.7 Å². The van der Waals surface area contributed by atoms with Crippen molar-refractivity contribution in [2.75, 3.05) is 18.4 Å². The number of carboxylic acid groups (broad SMARTS) is 1.